The molecule has 0 amide bonds. The van der Waals surface area contributed by atoms with Gasteiger partial charge in [-0.2, -0.15) is 0 Å². The summed E-state index contributed by atoms with van der Waals surface area (Å²) >= 11 is 6.13. The fourth-order valence-electron chi connectivity index (χ4n) is 1.39. The minimum atomic E-state index is -0.896. The highest BCUT2D eigenvalue weighted by Crippen LogP contribution is 2.28. The minimum absolute atomic E-state index is 0.508. The number of pyridine rings is 1. The molecule has 0 bridgehead atoms. The van der Waals surface area contributed by atoms with Crippen molar-refractivity contribution in [2.45, 2.75) is 5.38 Å². The van der Waals surface area contributed by atoms with Gasteiger partial charge in [0.25, 0.3) is 0 Å². The average molecular weight is 240 g/mol. The molecule has 1 nitrogen and oxygen atoms in total. The van der Waals surface area contributed by atoms with E-state index >= 15 is 0 Å². The van der Waals surface area contributed by atoms with Crippen LogP contribution in [-0.2, 0) is 0 Å². The SMILES string of the molecule is Fc1ccc(C(Cl)c2cccnc2)cc1F. The van der Waals surface area contributed by atoms with Crippen molar-refractivity contribution in [1.29, 1.82) is 0 Å². The molecular weight excluding hydrogens is 232 g/mol. The van der Waals surface area contributed by atoms with Crippen LogP contribution in [0.15, 0.2) is 42.7 Å². The first-order chi connectivity index (χ1) is 7.68. The van der Waals surface area contributed by atoms with Crippen LogP contribution in [0.1, 0.15) is 16.5 Å². The van der Waals surface area contributed by atoms with Gasteiger partial charge in [0.15, 0.2) is 11.6 Å². The topological polar surface area (TPSA) is 12.9 Å². The second-order valence-electron chi connectivity index (χ2n) is 3.32. The molecule has 4 heteroatoms. The second-order valence-corrected chi connectivity index (χ2v) is 3.76. The lowest BCUT2D eigenvalue weighted by Crippen LogP contribution is -1.96. The van der Waals surface area contributed by atoms with Crippen LogP contribution in [0.5, 0.6) is 0 Å². The third-order valence-electron chi connectivity index (χ3n) is 2.21. The van der Waals surface area contributed by atoms with Gasteiger partial charge >= 0.3 is 0 Å². The zero-order valence-electron chi connectivity index (χ0n) is 8.20. The van der Waals surface area contributed by atoms with E-state index in [-0.39, 0.29) is 0 Å². The van der Waals surface area contributed by atoms with E-state index in [1.165, 1.54) is 6.07 Å². The third kappa shape index (κ3) is 2.19. The Morgan fingerprint density at radius 2 is 1.88 bits per heavy atom. The Kier molecular flexibility index (Phi) is 3.15. The Bertz CT molecular complexity index is 488. The Morgan fingerprint density at radius 3 is 2.50 bits per heavy atom. The largest absolute Gasteiger partial charge is 0.264 e. The van der Waals surface area contributed by atoms with E-state index in [1.807, 2.05) is 0 Å². The van der Waals surface area contributed by atoms with E-state index in [0.717, 1.165) is 17.7 Å². The van der Waals surface area contributed by atoms with Crippen LogP contribution in [0.2, 0.25) is 0 Å². The molecule has 1 heterocycles. The van der Waals surface area contributed by atoms with Gasteiger partial charge in [-0.15, -0.1) is 11.6 Å². The molecule has 1 unspecified atom stereocenters. The van der Waals surface area contributed by atoms with Gasteiger partial charge < -0.3 is 0 Å². The zero-order valence-corrected chi connectivity index (χ0v) is 8.96. The normalized spacial score (nSPS) is 12.4. The van der Waals surface area contributed by atoms with Crippen LogP contribution in [0.4, 0.5) is 8.78 Å². The molecule has 0 saturated heterocycles. The van der Waals surface area contributed by atoms with E-state index in [1.54, 1.807) is 24.5 Å². The van der Waals surface area contributed by atoms with Gasteiger partial charge in [-0.25, -0.2) is 8.78 Å². The van der Waals surface area contributed by atoms with Crippen LogP contribution < -0.4 is 0 Å². The molecule has 1 atom stereocenters. The van der Waals surface area contributed by atoms with E-state index in [0.29, 0.717) is 5.56 Å². The van der Waals surface area contributed by atoms with Gasteiger partial charge in [0, 0.05) is 12.4 Å². The predicted molar refractivity (Wildman–Crippen MR) is 58.3 cm³/mol. The Balaban J connectivity index is 2.34. The number of hydrogen-bond acceptors (Lipinski definition) is 1. The van der Waals surface area contributed by atoms with Gasteiger partial charge in [-0.1, -0.05) is 12.1 Å². The Labute approximate surface area is 96.7 Å². The molecule has 0 spiro atoms. The molecule has 2 rings (SSSR count). The summed E-state index contributed by atoms with van der Waals surface area (Å²) in [5, 5.41) is -0.524. The van der Waals surface area contributed by atoms with Crippen molar-refractivity contribution in [2.24, 2.45) is 0 Å². The van der Waals surface area contributed by atoms with Crippen LogP contribution in [0, 0.1) is 11.6 Å². The summed E-state index contributed by atoms with van der Waals surface area (Å²) in [5.74, 6) is -1.77. The monoisotopic (exact) mass is 239 g/mol. The van der Waals surface area contributed by atoms with Crippen LogP contribution in [0.3, 0.4) is 0 Å². The first kappa shape index (κ1) is 11.0. The van der Waals surface area contributed by atoms with Gasteiger partial charge in [0.2, 0.25) is 0 Å². The van der Waals surface area contributed by atoms with Crippen molar-refractivity contribution >= 4 is 11.6 Å². The number of nitrogens with zero attached hydrogens (tertiary/aromatic N) is 1. The van der Waals surface area contributed by atoms with Crippen molar-refractivity contribution < 1.29 is 8.78 Å². The summed E-state index contributed by atoms with van der Waals surface area (Å²) in [6.45, 7) is 0. The van der Waals surface area contributed by atoms with Crippen LogP contribution in [0.25, 0.3) is 0 Å². The first-order valence-corrected chi connectivity index (χ1v) is 5.11. The highest BCUT2D eigenvalue weighted by atomic mass is 35.5. The molecule has 0 fully saturated rings. The quantitative estimate of drug-likeness (QED) is 0.729. The van der Waals surface area contributed by atoms with Crippen LogP contribution >= 0.6 is 11.6 Å². The van der Waals surface area contributed by atoms with E-state index in [2.05, 4.69) is 4.98 Å². The Morgan fingerprint density at radius 1 is 1.06 bits per heavy atom. The fraction of sp³-hybridized carbons (Fsp3) is 0.0833. The Hall–Kier alpha value is -1.48. The lowest BCUT2D eigenvalue weighted by Gasteiger charge is -2.09. The maximum atomic E-state index is 13.0. The van der Waals surface area contributed by atoms with E-state index < -0.39 is 17.0 Å². The molecule has 16 heavy (non-hydrogen) atoms. The fourth-order valence-corrected chi connectivity index (χ4v) is 1.65. The van der Waals surface area contributed by atoms with Gasteiger partial charge in [-0.05, 0) is 29.3 Å². The molecule has 0 aliphatic heterocycles. The minimum Gasteiger partial charge on any atom is -0.264 e. The van der Waals surface area contributed by atoms with Crippen molar-refractivity contribution in [3.05, 3.63) is 65.5 Å². The predicted octanol–water partition coefficient (Wildman–Crippen LogP) is 3.69. The summed E-state index contributed by atoms with van der Waals surface area (Å²) in [4.78, 5) is 3.92. The lowest BCUT2D eigenvalue weighted by molar-refractivity contribution is 0.507. The molecule has 82 valence electrons. The van der Waals surface area contributed by atoms with E-state index in [9.17, 15) is 8.78 Å². The zero-order chi connectivity index (χ0) is 11.5. The third-order valence-corrected chi connectivity index (χ3v) is 2.72. The van der Waals surface area contributed by atoms with Crippen molar-refractivity contribution in [3.8, 4) is 0 Å². The molecule has 2 aromatic rings. The van der Waals surface area contributed by atoms with Crippen LogP contribution in [-0.4, -0.2) is 4.98 Å². The average Bonchev–Trinajstić information content (AvgIpc) is 2.33. The summed E-state index contributed by atoms with van der Waals surface area (Å²) in [6, 6.07) is 7.15. The molecule has 0 aliphatic carbocycles. The highest BCUT2D eigenvalue weighted by molar-refractivity contribution is 6.22. The number of halogens is 3. The standard InChI is InChI=1S/C12H8ClF2N/c13-12(9-2-1-5-16-7-9)8-3-4-10(14)11(15)6-8/h1-7,12H. The number of rotatable bonds is 2. The smallest absolute Gasteiger partial charge is 0.159 e. The number of aromatic nitrogens is 1. The van der Waals surface area contributed by atoms with Gasteiger partial charge in [0.05, 0.1) is 5.38 Å². The molecule has 0 saturated carbocycles. The van der Waals surface area contributed by atoms with Gasteiger partial charge in [-0.3, -0.25) is 4.98 Å². The second kappa shape index (κ2) is 4.58. The molecule has 1 aromatic carbocycles. The number of benzene rings is 1. The molecule has 0 aliphatic rings. The van der Waals surface area contributed by atoms with Crippen molar-refractivity contribution in [2.75, 3.05) is 0 Å². The maximum absolute atomic E-state index is 13.0. The van der Waals surface area contributed by atoms with Crippen molar-refractivity contribution in [1.82, 2.24) is 4.98 Å². The summed E-state index contributed by atoms with van der Waals surface area (Å²) in [5.41, 5.74) is 1.25. The van der Waals surface area contributed by atoms with Crippen molar-refractivity contribution in [3.63, 3.8) is 0 Å². The molecule has 0 radical (unpaired) electrons. The van der Waals surface area contributed by atoms with Gasteiger partial charge in [0.1, 0.15) is 0 Å². The molecule has 0 N–H and O–H groups in total. The highest BCUT2D eigenvalue weighted by Gasteiger charge is 2.13. The summed E-state index contributed by atoms with van der Waals surface area (Å²) in [6.07, 6.45) is 3.22. The number of hydrogen-bond donors (Lipinski definition) is 0. The van der Waals surface area contributed by atoms with E-state index in [4.69, 9.17) is 11.6 Å². The lowest BCUT2D eigenvalue weighted by atomic mass is 10.1. The number of alkyl halides is 1. The maximum Gasteiger partial charge on any atom is 0.159 e. The molecule has 1 aromatic heterocycles. The first-order valence-electron chi connectivity index (χ1n) is 4.67. The summed E-state index contributed by atoms with van der Waals surface area (Å²) < 4.78 is 25.7. The summed E-state index contributed by atoms with van der Waals surface area (Å²) in [7, 11) is 0. The molecular formula is C12H8ClF2N.